The summed E-state index contributed by atoms with van der Waals surface area (Å²) in [6.45, 7) is -0.0129. The second-order valence-electron chi connectivity index (χ2n) is 3.55. The van der Waals surface area contributed by atoms with Gasteiger partial charge >= 0.3 is 0 Å². The zero-order valence-corrected chi connectivity index (χ0v) is 9.13. The van der Waals surface area contributed by atoms with Gasteiger partial charge in [0.25, 0.3) is 6.43 Å². The first kappa shape index (κ1) is 11.8. The van der Waals surface area contributed by atoms with E-state index in [4.69, 9.17) is 9.47 Å². The van der Waals surface area contributed by atoms with Crippen LogP contribution in [0.25, 0.3) is 0 Å². The highest BCUT2D eigenvalue weighted by atomic mass is 19.3. The Morgan fingerprint density at radius 3 is 2.65 bits per heavy atom. The van der Waals surface area contributed by atoms with Crippen LogP contribution in [0.4, 0.5) is 8.78 Å². The summed E-state index contributed by atoms with van der Waals surface area (Å²) in [6, 6.07) is 2.47. The largest absolute Gasteiger partial charge is 0.454 e. The fourth-order valence-electron chi connectivity index (χ4n) is 1.64. The molecule has 0 aromatic heterocycles. The van der Waals surface area contributed by atoms with E-state index in [0.717, 1.165) is 6.07 Å². The molecule has 4 nitrogen and oxygen atoms in total. The summed E-state index contributed by atoms with van der Waals surface area (Å²) >= 11 is 0. The van der Waals surface area contributed by atoms with Crippen molar-refractivity contribution in [3.8, 4) is 11.5 Å². The minimum absolute atomic E-state index is 0.000631. The molecule has 1 aromatic rings. The van der Waals surface area contributed by atoms with Crippen LogP contribution in [0, 0.1) is 0 Å². The molecular formula is C11H11F2NO3. The molecule has 0 amide bonds. The third-order valence-electron chi connectivity index (χ3n) is 2.42. The summed E-state index contributed by atoms with van der Waals surface area (Å²) in [5.74, 6) is 0.177. The second-order valence-corrected chi connectivity index (χ2v) is 3.55. The molecule has 0 aliphatic carbocycles. The zero-order valence-electron chi connectivity index (χ0n) is 9.13. The number of ether oxygens (including phenoxy) is 2. The quantitative estimate of drug-likeness (QED) is 0.818. The molecule has 0 bridgehead atoms. The molecule has 1 aliphatic heterocycles. The first-order valence-corrected chi connectivity index (χ1v) is 5.03. The Hall–Kier alpha value is -1.69. The van der Waals surface area contributed by atoms with Crippen LogP contribution >= 0.6 is 0 Å². The number of hydrogen-bond acceptors (Lipinski definition) is 4. The Balaban J connectivity index is 2.45. The normalized spacial score (nSPS) is 13.2. The molecule has 0 spiro atoms. The van der Waals surface area contributed by atoms with Crippen LogP contribution in [0.2, 0.25) is 0 Å². The monoisotopic (exact) mass is 243 g/mol. The molecule has 6 heteroatoms. The minimum atomic E-state index is -2.72. The van der Waals surface area contributed by atoms with Gasteiger partial charge in [-0.25, -0.2) is 8.78 Å². The number of benzene rings is 1. The molecule has 1 aliphatic rings. The smallest absolute Gasteiger partial charge is 0.264 e. The number of Topliss-reactive ketones (excluding diaryl/α,β-unsaturated/α-hetero) is 1. The summed E-state index contributed by atoms with van der Waals surface area (Å²) in [4.78, 5) is 11.7. The summed E-state index contributed by atoms with van der Waals surface area (Å²) in [6.07, 6.45) is -2.72. The van der Waals surface area contributed by atoms with Crippen molar-refractivity contribution in [2.45, 2.75) is 6.43 Å². The van der Waals surface area contributed by atoms with E-state index in [2.05, 4.69) is 5.32 Å². The predicted molar refractivity (Wildman–Crippen MR) is 55.8 cm³/mol. The van der Waals surface area contributed by atoms with E-state index in [9.17, 15) is 13.6 Å². The van der Waals surface area contributed by atoms with Crippen LogP contribution in [-0.2, 0) is 0 Å². The molecule has 1 aromatic carbocycles. The molecular weight excluding hydrogens is 232 g/mol. The maximum Gasteiger partial charge on any atom is 0.264 e. The number of likely N-dealkylation sites (N-methyl/N-ethyl adjacent to an activating group) is 1. The van der Waals surface area contributed by atoms with Gasteiger partial charge in [0.1, 0.15) is 0 Å². The summed E-state index contributed by atoms with van der Waals surface area (Å²) in [5, 5.41) is 2.63. The minimum Gasteiger partial charge on any atom is -0.454 e. The number of fused-ring (bicyclic) bond motifs is 1. The fraction of sp³-hybridized carbons (Fsp3) is 0.364. The summed E-state index contributed by atoms with van der Waals surface area (Å²) in [5.41, 5.74) is -0.354. The molecule has 17 heavy (non-hydrogen) atoms. The van der Waals surface area contributed by atoms with Gasteiger partial charge in [0, 0.05) is 11.1 Å². The predicted octanol–water partition coefficient (Wildman–Crippen LogP) is 1.75. The van der Waals surface area contributed by atoms with E-state index < -0.39 is 12.2 Å². The standard InChI is InChI=1S/C11H11F2NO3/c1-14-4-8(15)6-2-9-10(17-5-16-9)3-7(6)11(12)13/h2-3,11,14H,4-5H2,1H3. The number of nitrogens with one attached hydrogen (secondary N) is 1. The Kier molecular flexibility index (Phi) is 3.23. The van der Waals surface area contributed by atoms with Gasteiger partial charge in [0.15, 0.2) is 17.3 Å². The topological polar surface area (TPSA) is 47.6 Å². The number of rotatable bonds is 4. The Morgan fingerprint density at radius 1 is 1.41 bits per heavy atom. The van der Waals surface area contributed by atoms with Gasteiger partial charge in [-0.15, -0.1) is 0 Å². The highest BCUT2D eigenvalue weighted by Crippen LogP contribution is 2.38. The maximum atomic E-state index is 12.8. The van der Waals surface area contributed by atoms with Gasteiger partial charge in [-0.05, 0) is 19.2 Å². The number of ketones is 1. The number of carbonyl (C=O) groups excluding carboxylic acids is 1. The Bertz CT molecular complexity index is 449. The van der Waals surface area contributed by atoms with Gasteiger partial charge in [0.05, 0.1) is 6.54 Å². The van der Waals surface area contributed by atoms with Gasteiger partial charge in [0.2, 0.25) is 6.79 Å². The van der Waals surface area contributed by atoms with Gasteiger partial charge in [-0.1, -0.05) is 0 Å². The molecule has 1 N–H and O–H groups in total. The maximum absolute atomic E-state index is 12.8. The van der Waals surface area contributed by atoms with E-state index in [0.29, 0.717) is 5.75 Å². The lowest BCUT2D eigenvalue weighted by atomic mass is 10.0. The van der Waals surface area contributed by atoms with Crippen molar-refractivity contribution in [1.82, 2.24) is 5.32 Å². The average molecular weight is 243 g/mol. The molecule has 0 unspecified atom stereocenters. The highest BCUT2D eigenvalue weighted by molar-refractivity contribution is 5.99. The van der Waals surface area contributed by atoms with E-state index in [1.165, 1.54) is 6.07 Å². The zero-order chi connectivity index (χ0) is 12.4. The first-order chi connectivity index (χ1) is 8.13. The number of hydrogen-bond donors (Lipinski definition) is 1. The third-order valence-corrected chi connectivity index (χ3v) is 2.42. The van der Waals surface area contributed by atoms with E-state index in [1.54, 1.807) is 7.05 Å². The molecule has 92 valence electrons. The lowest BCUT2D eigenvalue weighted by molar-refractivity contribution is 0.0979. The second kappa shape index (κ2) is 4.67. The summed E-state index contributed by atoms with van der Waals surface area (Å²) in [7, 11) is 1.58. The van der Waals surface area contributed by atoms with E-state index >= 15 is 0 Å². The average Bonchev–Trinajstić information content (AvgIpc) is 2.74. The SMILES string of the molecule is CNCC(=O)c1cc2c(cc1C(F)F)OCO2. The molecule has 0 saturated carbocycles. The summed E-state index contributed by atoms with van der Waals surface area (Å²) < 4.78 is 35.7. The number of alkyl halides is 2. The Morgan fingerprint density at radius 2 is 2.06 bits per heavy atom. The fourth-order valence-corrected chi connectivity index (χ4v) is 1.64. The van der Waals surface area contributed by atoms with Gasteiger partial charge < -0.3 is 14.8 Å². The van der Waals surface area contributed by atoms with Crippen LogP contribution in [0.1, 0.15) is 22.3 Å². The van der Waals surface area contributed by atoms with Gasteiger partial charge in [-0.3, -0.25) is 4.79 Å². The van der Waals surface area contributed by atoms with Crippen molar-refractivity contribution in [1.29, 1.82) is 0 Å². The first-order valence-electron chi connectivity index (χ1n) is 5.03. The van der Waals surface area contributed by atoms with E-state index in [1.807, 2.05) is 0 Å². The van der Waals surface area contributed by atoms with Crippen molar-refractivity contribution >= 4 is 5.78 Å². The van der Waals surface area contributed by atoms with Crippen LogP contribution in [0.3, 0.4) is 0 Å². The Labute approximate surface area is 96.5 Å². The third kappa shape index (κ3) is 2.21. The number of carbonyl (C=O) groups is 1. The van der Waals surface area contributed by atoms with Crippen molar-refractivity contribution in [3.05, 3.63) is 23.3 Å². The van der Waals surface area contributed by atoms with Crippen molar-refractivity contribution in [3.63, 3.8) is 0 Å². The van der Waals surface area contributed by atoms with Gasteiger partial charge in [-0.2, -0.15) is 0 Å². The van der Waals surface area contributed by atoms with Crippen molar-refractivity contribution < 1.29 is 23.0 Å². The molecule has 0 radical (unpaired) electrons. The van der Waals surface area contributed by atoms with Crippen molar-refractivity contribution in [2.24, 2.45) is 0 Å². The molecule has 0 fully saturated rings. The molecule has 1 heterocycles. The van der Waals surface area contributed by atoms with Crippen molar-refractivity contribution in [2.75, 3.05) is 20.4 Å². The van der Waals surface area contributed by atoms with Crippen LogP contribution < -0.4 is 14.8 Å². The number of halogens is 2. The lowest BCUT2D eigenvalue weighted by Crippen LogP contribution is -2.20. The van der Waals surface area contributed by atoms with Crippen LogP contribution in [0.15, 0.2) is 12.1 Å². The highest BCUT2D eigenvalue weighted by Gasteiger charge is 2.24. The lowest BCUT2D eigenvalue weighted by Gasteiger charge is -2.09. The van der Waals surface area contributed by atoms with E-state index in [-0.39, 0.29) is 30.2 Å². The molecule has 2 rings (SSSR count). The molecule has 0 atom stereocenters. The van der Waals surface area contributed by atoms with Crippen LogP contribution in [0.5, 0.6) is 11.5 Å². The molecule has 0 saturated heterocycles. The van der Waals surface area contributed by atoms with Crippen LogP contribution in [-0.4, -0.2) is 26.2 Å².